The van der Waals surface area contributed by atoms with Crippen molar-refractivity contribution in [2.75, 3.05) is 0 Å². The lowest BCUT2D eigenvalue weighted by molar-refractivity contribution is -0.153. The van der Waals surface area contributed by atoms with Gasteiger partial charge in [0.1, 0.15) is 0 Å². The molecule has 3 unspecified atom stereocenters. The Labute approximate surface area is 119 Å². The molecule has 0 aromatic carbocycles. The molecule has 0 spiro atoms. The van der Waals surface area contributed by atoms with Gasteiger partial charge in [0.15, 0.2) is 11.9 Å². The second-order valence-electron chi connectivity index (χ2n) is 5.27. The maximum atomic E-state index is 11.7. The standard InChI is InChI=1S/C15H24O5/c1-3-4-5-6-7-8-11(17)14-12(18)9-13(19)15(14)20-10(2)16/h8,12,14-15,17-18H,3-7,9H2,1-2H3/b11-8+. The number of allylic oxidation sites excluding steroid dienone is 1. The average Bonchev–Trinajstić information content (AvgIpc) is 2.63. The Hall–Kier alpha value is -1.36. The third-order valence-corrected chi connectivity index (χ3v) is 3.51. The van der Waals surface area contributed by atoms with Crippen LogP contribution < -0.4 is 0 Å². The van der Waals surface area contributed by atoms with E-state index in [9.17, 15) is 19.8 Å². The largest absolute Gasteiger partial charge is 0.512 e. The lowest BCUT2D eigenvalue weighted by Gasteiger charge is -2.20. The molecule has 114 valence electrons. The molecule has 0 aliphatic heterocycles. The van der Waals surface area contributed by atoms with E-state index in [0.29, 0.717) is 6.42 Å². The molecule has 1 aliphatic rings. The minimum Gasteiger partial charge on any atom is -0.512 e. The molecule has 1 rings (SSSR count). The lowest BCUT2D eigenvalue weighted by atomic mass is 9.99. The fourth-order valence-electron chi connectivity index (χ4n) is 2.48. The van der Waals surface area contributed by atoms with E-state index in [1.807, 2.05) is 0 Å². The molecule has 0 heterocycles. The van der Waals surface area contributed by atoms with E-state index in [0.717, 1.165) is 25.7 Å². The van der Waals surface area contributed by atoms with Crippen LogP contribution in [0, 0.1) is 5.92 Å². The van der Waals surface area contributed by atoms with E-state index < -0.39 is 24.1 Å². The van der Waals surface area contributed by atoms with Crippen LogP contribution in [-0.4, -0.2) is 34.2 Å². The number of carbonyl (C=O) groups is 2. The Morgan fingerprint density at radius 3 is 2.70 bits per heavy atom. The van der Waals surface area contributed by atoms with Crippen molar-refractivity contribution in [3.8, 4) is 0 Å². The molecule has 0 radical (unpaired) electrons. The Morgan fingerprint density at radius 2 is 2.10 bits per heavy atom. The van der Waals surface area contributed by atoms with Crippen molar-refractivity contribution in [3.63, 3.8) is 0 Å². The van der Waals surface area contributed by atoms with Gasteiger partial charge in [0, 0.05) is 13.3 Å². The maximum Gasteiger partial charge on any atom is 0.303 e. The van der Waals surface area contributed by atoms with Crippen LogP contribution in [0.4, 0.5) is 0 Å². The normalized spacial score (nSPS) is 26.9. The monoisotopic (exact) mass is 284 g/mol. The van der Waals surface area contributed by atoms with E-state index in [1.54, 1.807) is 6.08 Å². The minimum atomic E-state index is -1.06. The first-order chi connectivity index (χ1) is 9.47. The van der Waals surface area contributed by atoms with Gasteiger partial charge in [0.2, 0.25) is 0 Å². The number of hydrogen-bond donors (Lipinski definition) is 2. The van der Waals surface area contributed by atoms with Gasteiger partial charge >= 0.3 is 5.97 Å². The highest BCUT2D eigenvalue weighted by atomic mass is 16.5. The van der Waals surface area contributed by atoms with Gasteiger partial charge in [-0.1, -0.05) is 26.2 Å². The minimum absolute atomic E-state index is 0.0499. The summed E-state index contributed by atoms with van der Waals surface area (Å²) in [6.45, 7) is 3.33. The van der Waals surface area contributed by atoms with Crippen LogP contribution in [0.1, 0.15) is 52.4 Å². The Bertz CT molecular complexity index is 374. The number of rotatable bonds is 7. The van der Waals surface area contributed by atoms with E-state index in [1.165, 1.54) is 6.92 Å². The molecule has 2 N–H and O–H groups in total. The fraction of sp³-hybridized carbons (Fsp3) is 0.733. The zero-order chi connectivity index (χ0) is 15.1. The summed E-state index contributed by atoms with van der Waals surface area (Å²) >= 11 is 0. The van der Waals surface area contributed by atoms with Crippen molar-refractivity contribution in [3.05, 3.63) is 11.8 Å². The number of unbranched alkanes of at least 4 members (excludes halogenated alkanes) is 4. The van der Waals surface area contributed by atoms with Crippen LogP contribution in [0.15, 0.2) is 11.8 Å². The van der Waals surface area contributed by atoms with Crippen molar-refractivity contribution in [2.45, 2.75) is 64.6 Å². The predicted molar refractivity (Wildman–Crippen MR) is 74.1 cm³/mol. The van der Waals surface area contributed by atoms with Gasteiger partial charge in [-0.05, 0) is 18.9 Å². The molecule has 0 aromatic rings. The molecule has 1 aliphatic carbocycles. The summed E-state index contributed by atoms with van der Waals surface area (Å²) in [5, 5.41) is 19.9. The molecule has 20 heavy (non-hydrogen) atoms. The highest BCUT2D eigenvalue weighted by Crippen LogP contribution is 2.31. The molecule has 5 heteroatoms. The second kappa shape index (κ2) is 8.04. The molecule has 1 saturated carbocycles. The first-order valence-corrected chi connectivity index (χ1v) is 7.24. The third-order valence-electron chi connectivity index (χ3n) is 3.51. The number of ether oxygens (including phenoxy) is 1. The van der Waals surface area contributed by atoms with Gasteiger partial charge in [-0.2, -0.15) is 0 Å². The Kier molecular flexibility index (Phi) is 6.71. The van der Waals surface area contributed by atoms with E-state index in [2.05, 4.69) is 6.92 Å². The van der Waals surface area contributed by atoms with Crippen LogP contribution in [0.3, 0.4) is 0 Å². The molecule has 0 bridgehead atoms. The van der Waals surface area contributed by atoms with Crippen molar-refractivity contribution in [1.29, 1.82) is 0 Å². The van der Waals surface area contributed by atoms with E-state index in [-0.39, 0.29) is 18.0 Å². The summed E-state index contributed by atoms with van der Waals surface area (Å²) in [5.41, 5.74) is 0. The lowest BCUT2D eigenvalue weighted by Crippen LogP contribution is -2.31. The molecule has 1 fully saturated rings. The van der Waals surface area contributed by atoms with Crippen LogP contribution in [0.5, 0.6) is 0 Å². The number of aliphatic hydroxyl groups is 2. The molecule has 3 atom stereocenters. The van der Waals surface area contributed by atoms with E-state index in [4.69, 9.17) is 4.74 Å². The number of ketones is 1. The van der Waals surface area contributed by atoms with Crippen molar-refractivity contribution in [2.24, 2.45) is 5.92 Å². The number of hydrogen-bond acceptors (Lipinski definition) is 5. The van der Waals surface area contributed by atoms with Gasteiger partial charge in [0.25, 0.3) is 0 Å². The van der Waals surface area contributed by atoms with Gasteiger partial charge < -0.3 is 14.9 Å². The van der Waals surface area contributed by atoms with Crippen LogP contribution in [0.2, 0.25) is 0 Å². The number of carbonyl (C=O) groups excluding carboxylic acids is 2. The van der Waals surface area contributed by atoms with Crippen LogP contribution in [-0.2, 0) is 14.3 Å². The molecule has 5 nitrogen and oxygen atoms in total. The highest BCUT2D eigenvalue weighted by molar-refractivity contribution is 5.88. The molecule has 0 aromatic heterocycles. The highest BCUT2D eigenvalue weighted by Gasteiger charge is 2.46. The zero-order valence-corrected chi connectivity index (χ0v) is 12.2. The molecule has 0 saturated heterocycles. The fourth-order valence-corrected chi connectivity index (χ4v) is 2.48. The quantitative estimate of drug-likeness (QED) is 0.425. The van der Waals surface area contributed by atoms with E-state index >= 15 is 0 Å². The summed E-state index contributed by atoms with van der Waals surface area (Å²) < 4.78 is 4.92. The molecule has 0 amide bonds. The second-order valence-corrected chi connectivity index (χ2v) is 5.27. The summed E-state index contributed by atoms with van der Waals surface area (Å²) in [7, 11) is 0. The first kappa shape index (κ1) is 16.7. The van der Waals surface area contributed by atoms with Crippen molar-refractivity contribution in [1.82, 2.24) is 0 Å². The summed E-state index contributed by atoms with van der Waals surface area (Å²) in [6.07, 6.45) is 4.50. The number of Topliss-reactive ketones (excluding diaryl/α,β-unsaturated/α-hetero) is 1. The zero-order valence-electron chi connectivity index (χ0n) is 12.2. The summed E-state index contributed by atoms with van der Waals surface area (Å²) in [4.78, 5) is 22.7. The van der Waals surface area contributed by atoms with Gasteiger partial charge in [-0.3, -0.25) is 9.59 Å². The Morgan fingerprint density at radius 1 is 1.40 bits per heavy atom. The number of aliphatic hydroxyl groups excluding tert-OH is 2. The van der Waals surface area contributed by atoms with Crippen LogP contribution in [0.25, 0.3) is 0 Å². The topological polar surface area (TPSA) is 83.8 Å². The summed E-state index contributed by atoms with van der Waals surface area (Å²) in [6, 6.07) is 0. The van der Waals surface area contributed by atoms with Gasteiger partial charge in [0.05, 0.1) is 17.8 Å². The Balaban J connectivity index is 2.62. The van der Waals surface area contributed by atoms with Gasteiger partial charge in [-0.15, -0.1) is 0 Å². The number of esters is 1. The molecular formula is C15H24O5. The molecular weight excluding hydrogens is 260 g/mol. The van der Waals surface area contributed by atoms with Gasteiger partial charge in [-0.25, -0.2) is 0 Å². The predicted octanol–water partition coefficient (Wildman–Crippen LogP) is 2.28. The van der Waals surface area contributed by atoms with Crippen molar-refractivity contribution >= 4 is 11.8 Å². The van der Waals surface area contributed by atoms with Crippen molar-refractivity contribution < 1.29 is 24.5 Å². The smallest absolute Gasteiger partial charge is 0.303 e. The third kappa shape index (κ3) is 4.63. The average molecular weight is 284 g/mol. The SMILES string of the molecule is CCCCCC/C=C(/O)C1C(O)CC(=O)C1OC(C)=O. The maximum absolute atomic E-state index is 11.7. The van der Waals surface area contributed by atoms with Crippen LogP contribution >= 0.6 is 0 Å². The first-order valence-electron chi connectivity index (χ1n) is 7.24. The summed E-state index contributed by atoms with van der Waals surface area (Å²) in [5.74, 6) is -1.80.